The Balaban J connectivity index is 2.31. The molecular weight excluding hydrogens is 224 g/mol. The van der Waals surface area contributed by atoms with E-state index in [1.165, 1.54) is 0 Å². The first-order valence-corrected chi connectivity index (χ1v) is 5.23. The molecule has 0 fully saturated rings. The van der Waals surface area contributed by atoms with Crippen LogP contribution in [0.15, 0.2) is 28.8 Å². The van der Waals surface area contributed by atoms with Crippen LogP contribution < -0.4 is 5.73 Å². The molecule has 0 unspecified atom stereocenters. The SMILES string of the molecule is NCC(=O)c1cc(C2=CC=CCC2=S)no1. The van der Waals surface area contributed by atoms with E-state index >= 15 is 0 Å². The molecule has 82 valence electrons. The Morgan fingerprint density at radius 1 is 1.62 bits per heavy atom. The van der Waals surface area contributed by atoms with E-state index in [2.05, 4.69) is 5.16 Å². The smallest absolute Gasteiger partial charge is 0.214 e. The molecule has 16 heavy (non-hydrogen) atoms. The Bertz CT molecular complexity index is 500. The second-order valence-electron chi connectivity index (χ2n) is 3.34. The largest absolute Gasteiger partial charge is 0.352 e. The van der Waals surface area contributed by atoms with Gasteiger partial charge in [0.2, 0.25) is 11.5 Å². The average Bonchev–Trinajstić information content (AvgIpc) is 2.78. The lowest BCUT2D eigenvalue weighted by atomic mass is 10.0. The maximum Gasteiger partial charge on any atom is 0.214 e. The summed E-state index contributed by atoms with van der Waals surface area (Å²) in [6, 6.07) is 1.58. The van der Waals surface area contributed by atoms with Crippen LogP contribution >= 0.6 is 12.2 Å². The van der Waals surface area contributed by atoms with Gasteiger partial charge in [-0.15, -0.1) is 0 Å². The average molecular weight is 234 g/mol. The third-order valence-corrected chi connectivity index (χ3v) is 2.64. The predicted octanol–water partition coefficient (Wildman–Crippen LogP) is 1.53. The molecular formula is C11H10N2O2S. The van der Waals surface area contributed by atoms with Gasteiger partial charge in [0.15, 0.2) is 0 Å². The van der Waals surface area contributed by atoms with Gasteiger partial charge >= 0.3 is 0 Å². The van der Waals surface area contributed by atoms with Gasteiger partial charge in [0, 0.05) is 22.9 Å². The van der Waals surface area contributed by atoms with Crippen molar-refractivity contribution in [1.29, 1.82) is 0 Å². The summed E-state index contributed by atoms with van der Waals surface area (Å²) in [4.78, 5) is 12.1. The maximum absolute atomic E-state index is 11.3. The number of Topliss-reactive ketones (excluding diaryl/α,β-unsaturated/α-hetero) is 1. The minimum Gasteiger partial charge on any atom is -0.352 e. The molecule has 0 amide bonds. The molecule has 0 saturated carbocycles. The van der Waals surface area contributed by atoms with Crippen LogP contribution in [-0.4, -0.2) is 22.3 Å². The minimum atomic E-state index is -0.267. The number of ketones is 1. The predicted molar refractivity (Wildman–Crippen MR) is 64.2 cm³/mol. The Kier molecular flexibility index (Phi) is 3.07. The summed E-state index contributed by atoms with van der Waals surface area (Å²) in [7, 11) is 0. The molecule has 1 aromatic heterocycles. The van der Waals surface area contributed by atoms with Crippen LogP contribution in [-0.2, 0) is 0 Å². The first-order chi connectivity index (χ1) is 7.72. The van der Waals surface area contributed by atoms with E-state index in [0.29, 0.717) is 12.1 Å². The molecule has 2 rings (SSSR count). The molecule has 1 heterocycles. The lowest BCUT2D eigenvalue weighted by Crippen LogP contribution is -2.12. The third kappa shape index (κ3) is 2.00. The van der Waals surface area contributed by atoms with Gasteiger partial charge in [-0.3, -0.25) is 4.79 Å². The standard InChI is InChI=1S/C11H10N2O2S/c12-6-9(14)10-5-8(13-15-10)7-3-1-2-4-11(7)16/h1-3,5H,4,6,12H2. The van der Waals surface area contributed by atoms with Crippen molar-refractivity contribution in [2.24, 2.45) is 5.73 Å². The lowest BCUT2D eigenvalue weighted by Gasteiger charge is -2.05. The van der Waals surface area contributed by atoms with Crippen LogP contribution in [0.5, 0.6) is 0 Å². The maximum atomic E-state index is 11.3. The van der Waals surface area contributed by atoms with Gasteiger partial charge in [-0.2, -0.15) is 0 Å². The number of nitrogens with zero attached hydrogens (tertiary/aromatic N) is 1. The van der Waals surface area contributed by atoms with E-state index in [9.17, 15) is 4.79 Å². The fourth-order valence-electron chi connectivity index (χ4n) is 1.40. The van der Waals surface area contributed by atoms with E-state index in [0.717, 1.165) is 10.4 Å². The van der Waals surface area contributed by atoms with Crippen molar-refractivity contribution in [2.75, 3.05) is 6.54 Å². The summed E-state index contributed by atoms with van der Waals surface area (Å²) in [5, 5.41) is 3.82. The fraction of sp³-hybridized carbons (Fsp3) is 0.182. The van der Waals surface area contributed by atoms with E-state index in [-0.39, 0.29) is 18.1 Å². The first kappa shape index (κ1) is 10.9. The van der Waals surface area contributed by atoms with Crippen molar-refractivity contribution in [1.82, 2.24) is 5.16 Å². The zero-order chi connectivity index (χ0) is 11.5. The van der Waals surface area contributed by atoms with Crippen molar-refractivity contribution in [3.8, 4) is 0 Å². The second-order valence-corrected chi connectivity index (χ2v) is 3.83. The van der Waals surface area contributed by atoms with Crippen LogP contribution in [0, 0.1) is 0 Å². The van der Waals surface area contributed by atoms with Crippen LogP contribution in [0.3, 0.4) is 0 Å². The fourth-order valence-corrected chi connectivity index (χ4v) is 1.67. The number of thiocarbonyl (C=S) groups is 1. The van der Waals surface area contributed by atoms with Crippen LogP contribution in [0.4, 0.5) is 0 Å². The molecule has 0 aromatic carbocycles. The number of nitrogens with two attached hydrogens (primary N) is 1. The van der Waals surface area contributed by atoms with Gasteiger partial charge in [0.05, 0.1) is 6.54 Å². The molecule has 0 atom stereocenters. The van der Waals surface area contributed by atoms with E-state index < -0.39 is 0 Å². The first-order valence-electron chi connectivity index (χ1n) is 4.82. The minimum absolute atomic E-state index is 0.0853. The van der Waals surface area contributed by atoms with Crippen LogP contribution in [0.1, 0.15) is 22.7 Å². The molecule has 0 bridgehead atoms. The molecule has 0 saturated heterocycles. The number of rotatable bonds is 3. The summed E-state index contributed by atoms with van der Waals surface area (Å²) in [5.74, 6) is -0.0904. The highest BCUT2D eigenvalue weighted by Crippen LogP contribution is 2.21. The Morgan fingerprint density at radius 2 is 2.44 bits per heavy atom. The van der Waals surface area contributed by atoms with Gasteiger partial charge in [-0.1, -0.05) is 35.6 Å². The topological polar surface area (TPSA) is 69.1 Å². The summed E-state index contributed by atoms with van der Waals surface area (Å²) in [6.07, 6.45) is 6.46. The number of hydrogen-bond donors (Lipinski definition) is 1. The summed E-state index contributed by atoms with van der Waals surface area (Å²) in [6.45, 7) is -0.0853. The zero-order valence-corrected chi connectivity index (χ0v) is 9.29. The molecule has 2 N–H and O–H groups in total. The molecule has 0 spiro atoms. The third-order valence-electron chi connectivity index (χ3n) is 2.25. The molecule has 1 aliphatic rings. The van der Waals surface area contributed by atoms with Crippen molar-refractivity contribution >= 4 is 28.4 Å². The Morgan fingerprint density at radius 3 is 3.12 bits per heavy atom. The van der Waals surface area contributed by atoms with E-state index in [4.69, 9.17) is 22.5 Å². The molecule has 0 radical (unpaired) electrons. The normalized spacial score (nSPS) is 15.1. The van der Waals surface area contributed by atoms with Crippen LogP contribution in [0.2, 0.25) is 0 Å². The zero-order valence-electron chi connectivity index (χ0n) is 8.47. The van der Waals surface area contributed by atoms with Crippen molar-refractivity contribution < 1.29 is 9.32 Å². The second kappa shape index (κ2) is 4.51. The molecule has 0 aliphatic heterocycles. The number of allylic oxidation sites excluding steroid dienone is 4. The van der Waals surface area contributed by atoms with Gasteiger partial charge in [-0.05, 0) is 0 Å². The van der Waals surface area contributed by atoms with E-state index in [1.807, 2.05) is 18.2 Å². The highest BCUT2D eigenvalue weighted by atomic mass is 32.1. The van der Waals surface area contributed by atoms with Gasteiger partial charge < -0.3 is 10.3 Å². The molecule has 1 aromatic rings. The highest BCUT2D eigenvalue weighted by molar-refractivity contribution is 7.81. The number of carbonyl (C=O) groups excluding carboxylic acids is 1. The monoisotopic (exact) mass is 234 g/mol. The van der Waals surface area contributed by atoms with E-state index in [1.54, 1.807) is 6.07 Å². The van der Waals surface area contributed by atoms with Crippen molar-refractivity contribution in [3.63, 3.8) is 0 Å². The van der Waals surface area contributed by atoms with Gasteiger partial charge in [-0.25, -0.2) is 0 Å². The lowest BCUT2D eigenvalue weighted by molar-refractivity contribution is 0.0966. The van der Waals surface area contributed by atoms with Crippen LogP contribution in [0.25, 0.3) is 5.57 Å². The molecule has 4 nitrogen and oxygen atoms in total. The van der Waals surface area contributed by atoms with Gasteiger partial charge in [0.1, 0.15) is 5.69 Å². The number of aromatic nitrogens is 1. The highest BCUT2D eigenvalue weighted by Gasteiger charge is 2.16. The van der Waals surface area contributed by atoms with Crippen molar-refractivity contribution in [2.45, 2.75) is 6.42 Å². The summed E-state index contributed by atoms with van der Waals surface area (Å²) < 4.78 is 4.91. The summed E-state index contributed by atoms with van der Waals surface area (Å²) in [5.41, 5.74) is 6.65. The molecule has 1 aliphatic carbocycles. The number of carbonyl (C=O) groups is 1. The quantitative estimate of drug-likeness (QED) is 0.634. The van der Waals surface area contributed by atoms with Crippen molar-refractivity contribution in [3.05, 3.63) is 35.7 Å². The summed E-state index contributed by atoms with van der Waals surface area (Å²) >= 11 is 5.20. The molecule has 5 heteroatoms. The Hall–Kier alpha value is -1.59. The van der Waals surface area contributed by atoms with Gasteiger partial charge in [0.25, 0.3) is 0 Å². The number of hydrogen-bond acceptors (Lipinski definition) is 5. The Labute approximate surface area is 97.8 Å².